The topological polar surface area (TPSA) is 109 Å². The third kappa shape index (κ3) is 4.81. The summed E-state index contributed by atoms with van der Waals surface area (Å²) in [7, 11) is -2.06. The lowest BCUT2D eigenvalue weighted by molar-refractivity contribution is 0.0693. The second kappa shape index (κ2) is 9.32. The zero-order valence-corrected chi connectivity index (χ0v) is 22.4. The molecule has 1 aliphatic carbocycles. The molecule has 1 aromatic heterocycles. The average molecular weight is 535 g/mol. The molecule has 0 radical (unpaired) electrons. The largest absolute Gasteiger partial charge is 0.348 e. The summed E-state index contributed by atoms with van der Waals surface area (Å²) in [6.45, 7) is 6.17. The van der Waals surface area contributed by atoms with Gasteiger partial charge in [-0.15, -0.1) is 0 Å². The molecule has 1 aromatic carbocycles. The fourth-order valence-corrected chi connectivity index (χ4v) is 6.68. The Bertz CT molecular complexity index is 1360. The van der Waals surface area contributed by atoms with Crippen LogP contribution in [0.4, 0.5) is 0 Å². The van der Waals surface area contributed by atoms with Crippen LogP contribution in [0.5, 0.6) is 0 Å². The van der Waals surface area contributed by atoms with Gasteiger partial charge in [-0.25, -0.2) is 8.42 Å². The number of hydrogen-bond acceptors (Lipinski definition) is 5. The second-order valence-corrected chi connectivity index (χ2v) is 13.3. The van der Waals surface area contributed by atoms with Crippen molar-refractivity contribution in [2.24, 2.45) is 0 Å². The van der Waals surface area contributed by atoms with Crippen LogP contribution in [0.25, 0.3) is 0 Å². The highest BCUT2D eigenvalue weighted by Gasteiger charge is 2.59. The van der Waals surface area contributed by atoms with Crippen molar-refractivity contribution in [2.45, 2.75) is 57.0 Å². The minimum atomic E-state index is -3.63. The first-order valence-electron chi connectivity index (χ1n) is 11.8. The molecular formula is C25H31ClN4O5S. The number of amides is 2. The van der Waals surface area contributed by atoms with Gasteiger partial charge in [0, 0.05) is 43.8 Å². The number of hydrogen-bond donors (Lipinski definition) is 1. The predicted molar refractivity (Wildman–Crippen MR) is 138 cm³/mol. The molecule has 194 valence electrons. The highest BCUT2D eigenvalue weighted by molar-refractivity contribution is 7.90. The molecule has 11 heteroatoms. The molecule has 1 N–H and O–H groups in total. The van der Waals surface area contributed by atoms with E-state index >= 15 is 0 Å². The molecule has 2 aromatic rings. The van der Waals surface area contributed by atoms with Gasteiger partial charge in [0.05, 0.1) is 0 Å². The van der Waals surface area contributed by atoms with Crippen molar-refractivity contribution in [1.29, 1.82) is 0 Å². The molecule has 4 rings (SSSR count). The molecule has 9 nitrogen and oxygen atoms in total. The van der Waals surface area contributed by atoms with Crippen LogP contribution >= 0.6 is 11.6 Å². The second-order valence-electron chi connectivity index (χ2n) is 10.5. The number of nitrogens with zero attached hydrogens (tertiary/aromatic N) is 3. The molecule has 1 saturated carbocycles. The summed E-state index contributed by atoms with van der Waals surface area (Å²) in [6.07, 6.45) is 0.970. The maximum Gasteiger partial charge on any atom is 0.270 e. The van der Waals surface area contributed by atoms with Crippen LogP contribution in [0.3, 0.4) is 0 Å². The van der Waals surface area contributed by atoms with Gasteiger partial charge in [0.25, 0.3) is 17.4 Å². The van der Waals surface area contributed by atoms with Gasteiger partial charge in [-0.1, -0.05) is 23.7 Å². The summed E-state index contributed by atoms with van der Waals surface area (Å²) in [4.78, 5) is 40.4. The lowest BCUT2D eigenvalue weighted by atomic mass is 10.1. The lowest BCUT2D eigenvalue weighted by Crippen LogP contribution is -2.54. The van der Waals surface area contributed by atoms with Gasteiger partial charge >= 0.3 is 0 Å². The Balaban J connectivity index is 1.49. The number of halogens is 1. The number of benzene rings is 1. The fraction of sp³-hybridized carbons (Fsp3) is 0.480. The normalized spacial score (nSPS) is 17.2. The molecule has 1 aliphatic heterocycles. The van der Waals surface area contributed by atoms with Crippen LogP contribution in [0, 0.1) is 0 Å². The quantitative estimate of drug-likeness (QED) is 0.587. The standard InChI is InChI=1S/C25H31ClN4O5S/c1-24(2,3)28(4)36(34,35)25(11-12-25)16-29-13-14-30-20(23(29)33)10-9-19(22(30)32)21(31)27-15-17-5-7-18(26)8-6-17/h5-10H,11-16H2,1-4H3,(H,27,31). The van der Waals surface area contributed by atoms with Crippen LogP contribution in [-0.4, -0.2) is 64.4 Å². The molecular weight excluding hydrogens is 504 g/mol. The predicted octanol–water partition coefficient (Wildman–Crippen LogP) is 2.48. The molecule has 0 spiro atoms. The van der Waals surface area contributed by atoms with E-state index in [0.717, 1.165) is 5.56 Å². The Morgan fingerprint density at radius 1 is 1.08 bits per heavy atom. The molecule has 0 saturated heterocycles. The zero-order valence-electron chi connectivity index (χ0n) is 20.9. The minimum absolute atomic E-state index is 0.0537. The summed E-state index contributed by atoms with van der Waals surface area (Å²) in [5.74, 6) is -0.945. The van der Waals surface area contributed by atoms with Gasteiger partial charge in [-0.2, -0.15) is 4.31 Å². The van der Waals surface area contributed by atoms with Gasteiger partial charge < -0.3 is 14.8 Å². The molecule has 2 aliphatic rings. The van der Waals surface area contributed by atoms with E-state index in [1.165, 1.54) is 25.9 Å². The van der Waals surface area contributed by atoms with Crippen molar-refractivity contribution in [3.05, 3.63) is 68.6 Å². The summed E-state index contributed by atoms with van der Waals surface area (Å²) in [5.41, 5.74) is -0.196. The number of carbonyl (C=O) groups excluding carboxylic acids is 2. The van der Waals surface area contributed by atoms with Gasteiger partial charge in [-0.3, -0.25) is 14.4 Å². The summed E-state index contributed by atoms with van der Waals surface area (Å²) in [5, 5.41) is 3.31. The van der Waals surface area contributed by atoms with E-state index in [9.17, 15) is 22.8 Å². The summed E-state index contributed by atoms with van der Waals surface area (Å²) >= 11 is 5.88. The minimum Gasteiger partial charge on any atom is -0.348 e. The van der Waals surface area contributed by atoms with Crippen molar-refractivity contribution in [3.63, 3.8) is 0 Å². The van der Waals surface area contributed by atoms with E-state index in [4.69, 9.17) is 11.6 Å². The van der Waals surface area contributed by atoms with Crippen LogP contribution in [0.15, 0.2) is 41.2 Å². The smallest absolute Gasteiger partial charge is 0.270 e. The van der Waals surface area contributed by atoms with Crippen molar-refractivity contribution < 1.29 is 18.0 Å². The van der Waals surface area contributed by atoms with Crippen LogP contribution in [0.1, 0.15) is 60.0 Å². The first-order chi connectivity index (χ1) is 16.8. The summed E-state index contributed by atoms with van der Waals surface area (Å²) in [6, 6.07) is 9.80. The van der Waals surface area contributed by atoms with Crippen LogP contribution in [-0.2, 0) is 23.1 Å². The SMILES string of the molecule is CN(C(C)(C)C)S(=O)(=O)C1(CN2CCn3c(ccc(C(=O)NCc4ccc(Cl)cc4)c3=O)C2=O)CC1. The number of sulfonamides is 1. The lowest BCUT2D eigenvalue weighted by Gasteiger charge is -2.37. The van der Waals surface area contributed by atoms with E-state index < -0.39 is 37.7 Å². The molecule has 2 heterocycles. The van der Waals surface area contributed by atoms with Gasteiger partial charge in [0.2, 0.25) is 10.0 Å². The molecule has 2 amide bonds. The molecule has 0 unspecified atom stereocenters. The van der Waals surface area contributed by atoms with E-state index in [2.05, 4.69) is 5.32 Å². The van der Waals surface area contributed by atoms with Gasteiger partial charge in [0.1, 0.15) is 16.0 Å². The highest BCUT2D eigenvalue weighted by Crippen LogP contribution is 2.47. The van der Waals surface area contributed by atoms with Gasteiger partial charge in [-0.05, 0) is 63.4 Å². The maximum absolute atomic E-state index is 13.3. The van der Waals surface area contributed by atoms with E-state index in [1.807, 2.05) is 20.8 Å². The average Bonchev–Trinajstić information content (AvgIpc) is 3.61. The Morgan fingerprint density at radius 2 is 1.72 bits per heavy atom. The monoisotopic (exact) mass is 534 g/mol. The molecule has 36 heavy (non-hydrogen) atoms. The van der Waals surface area contributed by atoms with Crippen molar-refractivity contribution in [3.8, 4) is 0 Å². The highest BCUT2D eigenvalue weighted by atomic mass is 35.5. The Labute approximate surface area is 216 Å². The molecule has 0 bridgehead atoms. The number of aromatic nitrogens is 1. The van der Waals surface area contributed by atoms with E-state index in [-0.39, 0.29) is 37.4 Å². The Kier molecular flexibility index (Phi) is 6.83. The first kappa shape index (κ1) is 26.4. The van der Waals surface area contributed by atoms with Gasteiger partial charge in [0.15, 0.2) is 0 Å². The van der Waals surface area contributed by atoms with E-state index in [0.29, 0.717) is 17.9 Å². The molecule has 1 fully saturated rings. The Morgan fingerprint density at radius 3 is 2.31 bits per heavy atom. The number of fused-ring (bicyclic) bond motifs is 1. The van der Waals surface area contributed by atoms with Crippen molar-refractivity contribution in [1.82, 2.24) is 19.1 Å². The number of nitrogens with one attached hydrogen (secondary N) is 1. The van der Waals surface area contributed by atoms with Crippen molar-refractivity contribution in [2.75, 3.05) is 20.1 Å². The maximum atomic E-state index is 13.3. The van der Waals surface area contributed by atoms with E-state index in [1.54, 1.807) is 31.3 Å². The van der Waals surface area contributed by atoms with Crippen LogP contribution < -0.4 is 10.9 Å². The molecule has 0 atom stereocenters. The third-order valence-corrected chi connectivity index (χ3v) is 10.2. The van der Waals surface area contributed by atoms with Crippen LogP contribution in [0.2, 0.25) is 5.02 Å². The first-order valence-corrected chi connectivity index (χ1v) is 13.6. The number of pyridine rings is 1. The zero-order chi connectivity index (χ0) is 26.5. The van der Waals surface area contributed by atoms with Crippen molar-refractivity contribution >= 4 is 33.4 Å². The Hall–Kier alpha value is -2.69. The number of carbonyl (C=O) groups is 2. The number of rotatable bonds is 7. The summed E-state index contributed by atoms with van der Waals surface area (Å²) < 4.78 is 28.3. The fourth-order valence-electron chi connectivity index (χ4n) is 4.31. The third-order valence-electron chi connectivity index (χ3n) is 7.02.